The zero-order valence-corrected chi connectivity index (χ0v) is 14.2. The molecule has 1 aliphatic rings. The molecule has 0 atom stereocenters. The summed E-state index contributed by atoms with van der Waals surface area (Å²) in [6.07, 6.45) is 1.69. The molecule has 1 aromatic carbocycles. The summed E-state index contributed by atoms with van der Waals surface area (Å²) in [7, 11) is 0. The summed E-state index contributed by atoms with van der Waals surface area (Å²) in [5, 5.41) is 0. The maximum Gasteiger partial charge on any atom is 0.256 e. The molecule has 0 fully saturated rings. The summed E-state index contributed by atoms with van der Waals surface area (Å²) >= 11 is 0. The number of allylic oxidation sites excluding steroid dienone is 3. The zero-order valence-electron chi connectivity index (χ0n) is 11.3. The van der Waals surface area contributed by atoms with Crippen LogP contribution in [0.25, 0.3) is 5.70 Å². The van der Waals surface area contributed by atoms with E-state index >= 15 is 0 Å². The van der Waals surface area contributed by atoms with Crippen molar-refractivity contribution >= 4 is 5.70 Å². The van der Waals surface area contributed by atoms with Crippen LogP contribution in [0, 0.1) is 17.7 Å². The van der Waals surface area contributed by atoms with Crippen LogP contribution in [0.2, 0.25) is 0 Å². The van der Waals surface area contributed by atoms with Crippen molar-refractivity contribution in [2.75, 3.05) is 6.54 Å². The Balaban J connectivity index is 0.00000220. The maximum absolute atomic E-state index is 13.8. The van der Waals surface area contributed by atoms with Gasteiger partial charge in [-0.05, 0) is 17.8 Å². The van der Waals surface area contributed by atoms with Crippen LogP contribution in [0.15, 0.2) is 42.1 Å². The SMILES string of the molecule is C=C1C(C)=C[C-]=C(c2ccc(F)cc2F)N1CC(F)F.[Y]. The van der Waals surface area contributed by atoms with Crippen molar-refractivity contribution in [3.05, 3.63) is 65.4 Å². The largest absolute Gasteiger partial charge is 0.370 e. The molecule has 2 rings (SSSR count). The van der Waals surface area contributed by atoms with Gasteiger partial charge < -0.3 is 4.90 Å². The van der Waals surface area contributed by atoms with E-state index in [0.29, 0.717) is 17.3 Å². The molecule has 1 heterocycles. The minimum absolute atomic E-state index is 0. The fourth-order valence-corrected chi connectivity index (χ4v) is 1.93. The number of benzene rings is 1. The average molecular weight is 371 g/mol. The van der Waals surface area contributed by atoms with Gasteiger partial charge in [0.2, 0.25) is 0 Å². The van der Waals surface area contributed by atoms with Crippen molar-refractivity contribution in [3.8, 4) is 0 Å². The van der Waals surface area contributed by atoms with Crippen LogP contribution in [-0.2, 0) is 32.7 Å². The van der Waals surface area contributed by atoms with Crippen molar-refractivity contribution < 1.29 is 50.3 Å². The second kappa shape index (κ2) is 7.36. The first kappa shape index (κ1) is 18.1. The van der Waals surface area contributed by atoms with Crippen LogP contribution in [0.4, 0.5) is 17.6 Å². The molecular formula is C15H12F4NY-. The molecule has 1 aromatic rings. The van der Waals surface area contributed by atoms with Crippen molar-refractivity contribution in [3.63, 3.8) is 0 Å². The Kier molecular flexibility index (Phi) is 6.35. The summed E-state index contributed by atoms with van der Waals surface area (Å²) < 4.78 is 52.1. The van der Waals surface area contributed by atoms with Crippen LogP contribution in [0.5, 0.6) is 0 Å². The van der Waals surface area contributed by atoms with Gasteiger partial charge in [-0.25, -0.2) is 17.6 Å². The fourth-order valence-electron chi connectivity index (χ4n) is 1.93. The van der Waals surface area contributed by atoms with Gasteiger partial charge in [0.25, 0.3) is 6.43 Å². The van der Waals surface area contributed by atoms with Gasteiger partial charge in [-0.3, -0.25) is 0 Å². The Bertz CT molecular complexity index is 608. The van der Waals surface area contributed by atoms with Crippen LogP contribution in [0.1, 0.15) is 12.5 Å². The van der Waals surface area contributed by atoms with Gasteiger partial charge in [0.05, 0.1) is 12.4 Å². The molecule has 0 N–H and O–H groups in total. The number of hydrogen-bond acceptors (Lipinski definition) is 1. The first-order valence-corrected chi connectivity index (χ1v) is 5.91. The molecule has 21 heavy (non-hydrogen) atoms. The van der Waals surface area contributed by atoms with Gasteiger partial charge in [-0.1, -0.05) is 24.8 Å². The fraction of sp³-hybridized carbons (Fsp3) is 0.200. The molecule has 109 valence electrons. The van der Waals surface area contributed by atoms with E-state index in [1.54, 1.807) is 13.0 Å². The van der Waals surface area contributed by atoms with E-state index in [0.717, 1.165) is 6.07 Å². The molecule has 1 radical (unpaired) electrons. The van der Waals surface area contributed by atoms with Crippen LogP contribution in [-0.4, -0.2) is 17.9 Å². The third-order valence-electron chi connectivity index (χ3n) is 2.98. The van der Waals surface area contributed by atoms with Gasteiger partial charge in [0.1, 0.15) is 5.82 Å². The minimum atomic E-state index is -2.61. The molecule has 0 spiro atoms. The maximum atomic E-state index is 13.8. The topological polar surface area (TPSA) is 3.24 Å². The molecule has 1 nitrogen and oxygen atoms in total. The second-order valence-electron chi connectivity index (χ2n) is 4.39. The quantitative estimate of drug-likeness (QED) is 0.570. The standard InChI is InChI=1S/C15H12F4N.Y/c1-9-3-6-14(20(10(9)2)8-15(18)19)12-5-4-11(16)7-13(12)17;/h3-5,7,15H,2,8H2,1H3;/q-1;. The first-order chi connectivity index (χ1) is 9.40. The van der Waals surface area contributed by atoms with Gasteiger partial charge in [-0.2, -0.15) is 12.2 Å². The molecule has 0 amide bonds. The number of alkyl halides is 2. The normalized spacial score (nSPS) is 14.8. The Morgan fingerprint density at radius 1 is 1.29 bits per heavy atom. The first-order valence-electron chi connectivity index (χ1n) is 5.91. The number of halogens is 4. The molecule has 0 bridgehead atoms. The molecule has 0 aromatic heterocycles. The van der Waals surface area contributed by atoms with Crippen molar-refractivity contribution in [1.29, 1.82) is 0 Å². The van der Waals surface area contributed by atoms with Crippen LogP contribution >= 0.6 is 0 Å². The number of nitrogens with zero attached hydrogens (tertiary/aromatic N) is 1. The predicted molar refractivity (Wildman–Crippen MR) is 68.6 cm³/mol. The Hall–Kier alpha value is -0.936. The van der Waals surface area contributed by atoms with E-state index in [1.807, 2.05) is 0 Å². The minimum Gasteiger partial charge on any atom is -0.370 e. The summed E-state index contributed by atoms with van der Waals surface area (Å²) in [5.74, 6) is -1.55. The predicted octanol–water partition coefficient (Wildman–Crippen LogP) is 4.15. The smallest absolute Gasteiger partial charge is 0.256 e. The molecule has 0 aliphatic carbocycles. The molecule has 6 heteroatoms. The van der Waals surface area contributed by atoms with Gasteiger partial charge in [-0.15, -0.1) is 11.6 Å². The Morgan fingerprint density at radius 3 is 2.52 bits per heavy atom. The van der Waals surface area contributed by atoms with E-state index in [2.05, 4.69) is 12.7 Å². The van der Waals surface area contributed by atoms with E-state index in [-0.39, 0.29) is 44.0 Å². The number of rotatable bonds is 3. The summed E-state index contributed by atoms with van der Waals surface area (Å²) in [6.45, 7) is 4.80. The molecule has 1 aliphatic heterocycles. The third-order valence-corrected chi connectivity index (χ3v) is 2.98. The van der Waals surface area contributed by atoms with E-state index in [9.17, 15) is 17.6 Å². The van der Waals surface area contributed by atoms with E-state index < -0.39 is 24.6 Å². The molecule has 0 saturated heterocycles. The molecule has 0 unspecified atom stereocenters. The summed E-state index contributed by atoms with van der Waals surface area (Å²) in [5.41, 5.74) is 1.15. The Morgan fingerprint density at radius 2 is 1.95 bits per heavy atom. The third kappa shape index (κ3) is 4.04. The van der Waals surface area contributed by atoms with Gasteiger partial charge >= 0.3 is 0 Å². The Labute approximate surface area is 145 Å². The van der Waals surface area contributed by atoms with Crippen molar-refractivity contribution in [2.45, 2.75) is 13.3 Å². The molecule has 0 saturated carbocycles. The summed E-state index contributed by atoms with van der Waals surface area (Å²) in [4.78, 5) is 1.19. The summed E-state index contributed by atoms with van der Waals surface area (Å²) in [6, 6.07) is 2.98. The van der Waals surface area contributed by atoms with Crippen LogP contribution < -0.4 is 0 Å². The second-order valence-corrected chi connectivity index (χ2v) is 4.39. The van der Waals surface area contributed by atoms with Crippen molar-refractivity contribution in [1.82, 2.24) is 4.90 Å². The molecular weight excluding hydrogens is 359 g/mol. The number of hydrogen-bond donors (Lipinski definition) is 0. The van der Waals surface area contributed by atoms with E-state index in [1.165, 1.54) is 11.0 Å². The average Bonchev–Trinajstić information content (AvgIpc) is 2.36. The van der Waals surface area contributed by atoms with Crippen LogP contribution in [0.3, 0.4) is 0 Å². The zero-order chi connectivity index (χ0) is 14.9. The van der Waals surface area contributed by atoms with Crippen molar-refractivity contribution in [2.24, 2.45) is 0 Å². The monoisotopic (exact) mass is 371 g/mol. The van der Waals surface area contributed by atoms with Gasteiger partial charge in [0, 0.05) is 32.7 Å². The van der Waals surface area contributed by atoms with Gasteiger partial charge in [0.15, 0.2) is 0 Å². The van der Waals surface area contributed by atoms with E-state index in [4.69, 9.17) is 0 Å².